The predicted octanol–water partition coefficient (Wildman–Crippen LogP) is 3.85. The Morgan fingerprint density at radius 2 is 2.03 bits per heavy atom. The molecule has 1 aliphatic carbocycles. The van der Waals surface area contributed by atoms with Crippen molar-refractivity contribution in [2.24, 2.45) is 0 Å². The molecule has 0 aliphatic heterocycles. The minimum Gasteiger partial charge on any atom is -0.310 e. The van der Waals surface area contributed by atoms with Crippen molar-refractivity contribution < 1.29 is 4.79 Å². The summed E-state index contributed by atoms with van der Waals surface area (Å²) in [6.07, 6.45) is 7.16. The molecule has 1 amide bonds. The molecule has 0 saturated heterocycles. The van der Waals surface area contributed by atoms with Gasteiger partial charge >= 0.3 is 0 Å². The molecule has 1 aliphatic rings. The van der Waals surface area contributed by atoms with Gasteiger partial charge in [-0.1, -0.05) is 43.7 Å². The first-order valence-corrected chi connectivity index (χ1v) is 11.1. The molecule has 3 aromatic rings. The van der Waals surface area contributed by atoms with E-state index >= 15 is 0 Å². The molecule has 8 heteroatoms. The number of carbonyl (C=O) groups excluding carboxylic acids is 1. The number of nitrogens with zero attached hydrogens (tertiary/aromatic N) is 4. The molecule has 29 heavy (non-hydrogen) atoms. The van der Waals surface area contributed by atoms with E-state index in [-0.39, 0.29) is 17.2 Å². The van der Waals surface area contributed by atoms with E-state index in [1.807, 2.05) is 35.9 Å². The van der Waals surface area contributed by atoms with Crippen LogP contribution in [0, 0.1) is 0 Å². The molecule has 0 bridgehead atoms. The minimum absolute atomic E-state index is 0.0559. The summed E-state index contributed by atoms with van der Waals surface area (Å²) >= 11 is 1.29. The van der Waals surface area contributed by atoms with Crippen molar-refractivity contribution in [2.45, 2.75) is 56.8 Å². The topological polar surface area (TPSA) is 81.8 Å². The molecule has 1 fully saturated rings. The zero-order valence-corrected chi connectivity index (χ0v) is 17.3. The zero-order valence-electron chi connectivity index (χ0n) is 16.5. The highest BCUT2D eigenvalue weighted by Gasteiger charge is 2.21. The van der Waals surface area contributed by atoms with Gasteiger partial charge in [-0.3, -0.25) is 14.2 Å². The largest absolute Gasteiger partial charge is 0.310 e. The van der Waals surface area contributed by atoms with Crippen molar-refractivity contribution in [1.29, 1.82) is 0 Å². The Hall–Kier alpha value is -2.61. The van der Waals surface area contributed by atoms with Crippen molar-refractivity contribution in [1.82, 2.24) is 19.3 Å². The van der Waals surface area contributed by atoms with Crippen LogP contribution in [0.25, 0.3) is 10.9 Å². The fourth-order valence-corrected chi connectivity index (χ4v) is 4.67. The van der Waals surface area contributed by atoms with Gasteiger partial charge in [-0.2, -0.15) is 5.10 Å². The molecule has 1 saturated carbocycles. The third-order valence-corrected chi connectivity index (χ3v) is 6.19. The summed E-state index contributed by atoms with van der Waals surface area (Å²) < 4.78 is 3.60. The summed E-state index contributed by atoms with van der Waals surface area (Å²) in [5, 5.41) is 8.54. The molecule has 0 radical (unpaired) electrons. The summed E-state index contributed by atoms with van der Waals surface area (Å²) in [6, 6.07) is 9.53. The van der Waals surface area contributed by atoms with Crippen LogP contribution in [0.3, 0.4) is 0 Å². The predicted molar refractivity (Wildman–Crippen MR) is 115 cm³/mol. The van der Waals surface area contributed by atoms with Crippen LogP contribution in [0.2, 0.25) is 0 Å². The molecule has 2 heterocycles. The van der Waals surface area contributed by atoms with E-state index in [2.05, 4.69) is 15.4 Å². The number of thioether (sulfide) groups is 1. The number of benzene rings is 1. The van der Waals surface area contributed by atoms with Gasteiger partial charge in [0.2, 0.25) is 5.91 Å². The maximum absolute atomic E-state index is 12.8. The number of carbonyl (C=O) groups is 1. The Labute approximate surface area is 173 Å². The van der Waals surface area contributed by atoms with E-state index in [9.17, 15) is 9.59 Å². The number of hydrogen-bond donors (Lipinski definition) is 1. The Balaban J connectivity index is 1.49. The molecule has 2 aromatic heterocycles. The summed E-state index contributed by atoms with van der Waals surface area (Å²) in [7, 11) is 0. The minimum atomic E-state index is -0.125. The van der Waals surface area contributed by atoms with Crippen LogP contribution in [0.5, 0.6) is 0 Å². The second-order valence-electron chi connectivity index (χ2n) is 7.30. The molecule has 7 nitrogen and oxygen atoms in total. The van der Waals surface area contributed by atoms with Crippen molar-refractivity contribution in [3.05, 3.63) is 46.9 Å². The van der Waals surface area contributed by atoms with Crippen molar-refractivity contribution in [3.8, 4) is 0 Å². The summed E-state index contributed by atoms with van der Waals surface area (Å²) in [5.41, 5.74) is 0.603. The van der Waals surface area contributed by atoms with Gasteiger partial charge < -0.3 is 5.32 Å². The number of rotatable bonds is 7. The van der Waals surface area contributed by atoms with E-state index in [0.717, 1.165) is 25.1 Å². The molecular weight excluding hydrogens is 386 g/mol. The molecule has 0 spiro atoms. The van der Waals surface area contributed by atoms with E-state index in [4.69, 9.17) is 0 Å². The van der Waals surface area contributed by atoms with Gasteiger partial charge in [0.1, 0.15) is 5.82 Å². The molecule has 152 valence electrons. The first-order valence-electron chi connectivity index (χ1n) is 10.1. The van der Waals surface area contributed by atoms with Crippen LogP contribution < -0.4 is 10.9 Å². The van der Waals surface area contributed by atoms with Crippen molar-refractivity contribution in [2.75, 3.05) is 11.1 Å². The number of anilines is 1. The highest BCUT2D eigenvalue weighted by atomic mass is 32.2. The van der Waals surface area contributed by atoms with Gasteiger partial charge in [0.25, 0.3) is 5.56 Å². The summed E-state index contributed by atoms with van der Waals surface area (Å²) in [6.45, 7) is 2.60. The van der Waals surface area contributed by atoms with Crippen LogP contribution in [0.4, 0.5) is 5.82 Å². The number of para-hydroxylation sites is 1. The highest BCUT2D eigenvalue weighted by Crippen LogP contribution is 2.31. The molecular formula is C21H25N5O2S. The average molecular weight is 412 g/mol. The number of aromatic nitrogens is 4. The third kappa shape index (κ3) is 4.22. The average Bonchev–Trinajstić information content (AvgIpc) is 3.40. The Bertz CT molecular complexity index is 1070. The standard InChI is InChI=1S/C21H25N5O2S/c1-2-13-25-20(28)16-9-5-6-10-17(16)23-21(25)29-14-19(27)24-18-11-12-22-26(18)15-7-3-4-8-15/h5-6,9-12,15H,2-4,7-8,13-14H2,1H3,(H,24,27). The van der Waals surface area contributed by atoms with Crippen LogP contribution in [-0.2, 0) is 11.3 Å². The first-order chi connectivity index (χ1) is 14.2. The zero-order chi connectivity index (χ0) is 20.2. The summed E-state index contributed by atoms with van der Waals surface area (Å²) in [4.78, 5) is 30.0. The number of hydrogen-bond acceptors (Lipinski definition) is 5. The summed E-state index contributed by atoms with van der Waals surface area (Å²) in [5.74, 6) is 0.796. The Morgan fingerprint density at radius 1 is 1.24 bits per heavy atom. The smallest absolute Gasteiger partial charge is 0.262 e. The lowest BCUT2D eigenvalue weighted by Gasteiger charge is -2.15. The lowest BCUT2D eigenvalue weighted by molar-refractivity contribution is -0.113. The number of amides is 1. The highest BCUT2D eigenvalue weighted by molar-refractivity contribution is 7.99. The van der Waals surface area contributed by atoms with Gasteiger partial charge in [0, 0.05) is 12.6 Å². The molecule has 1 aromatic carbocycles. The van der Waals surface area contributed by atoms with Gasteiger partial charge in [-0.15, -0.1) is 0 Å². The normalized spacial score (nSPS) is 14.5. The Morgan fingerprint density at radius 3 is 2.83 bits per heavy atom. The third-order valence-electron chi connectivity index (χ3n) is 5.21. The monoisotopic (exact) mass is 411 g/mol. The molecule has 4 rings (SSSR count). The lowest BCUT2D eigenvalue weighted by Crippen LogP contribution is -2.24. The lowest BCUT2D eigenvalue weighted by atomic mass is 10.2. The first kappa shape index (κ1) is 19.7. The Kier molecular flexibility index (Phi) is 5.99. The maximum atomic E-state index is 12.8. The van der Waals surface area contributed by atoms with Crippen molar-refractivity contribution in [3.63, 3.8) is 0 Å². The van der Waals surface area contributed by atoms with Gasteiger partial charge in [0.15, 0.2) is 5.16 Å². The maximum Gasteiger partial charge on any atom is 0.262 e. The fraction of sp³-hybridized carbons (Fsp3) is 0.429. The SMILES string of the molecule is CCCn1c(SCC(=O)Nc2ccnn2C2CCCC2)nc2ccccc2c1=O. The van der Waals surface area contributed by atoms with Crippen molar-refractivity contribution >= 4 is 34.4 Å². The van der Waals surface area contributed by atoms with Crippen LogP contribution in [0.15, 0.2) is 46.5 Å². The van der Waals surface area contributed by atoms with Gasteiger partial charge in [-0.05, 0) is 31.4 Å². The van der Waals surface area contributed by atoms with E-state index in [1.54, 1.807) is 16.8 Å². The van der Waals surface area contributed by atoms with Crippen LogP contribution in [0.1, 0.15) is 45.1 Å². The second kappa shape index (κ2) is 8.82. The second-order valence-corrected chi connectivity index (χ2v) is 8.25. The van der Waals surface area contributed by atoms with Gasteiger partial charge in [0.05, 0.1) is 28.9 Å². The fourth-order valence-electron chi connectivity index (χ4n) is 3.84. The van der Waals surface area contributed by atoms with E-state index < -0.39 is 0 Å². The van der Waals surface area contributed by atoms with E-state index in [0.29, 0.717) is 28.6 Å². The number of fused-ring (bicyclic) bond motifs is 1. The molecule has 0 atom stereocenters. The molecule has 1 N–H and O–H groups in total. The quantitative estimate of drug-likeness (QED) is 0.472. The number of nitrogens with one attached hydrogen (secondary N) is 1. The van der Waals surface area contributed by atoms with Crippen LogP contribution >= 0.6 is 11.8 Å². The molecule has 0 unspecified atom stereocenters. The van der Waals surface area contributed by atoms with E-state index in [1.165, 1.54) is 24.6 Å². The van der Waals surface area contributed by atoms with Crippen LogP contribution in [-0.4, -0.2) is 31.0 Å². The van der Waals surface area contributed by atoms with Gasteiger partial charge in [-0.25, -0.2) is 9.67 Å².